The van der Waals surface area contributed by atoms with Crippen LogP contribution in [0.2, 0.25) is 0 Å². The molecule has 0 spiro atoms. The van der Waals surface area contributed by atoms with E-state index in [4.69, 9.17) is 4.74 Å². The van der Waals surface area contributed by atoms with Crippen LogP contribution in [-0.2, 0) is 0 Å². The van der Waals surface area contributed by atoms with Gasteiger partial charge >= 0.3 is 0 Å². The Labute approximate surface area is 72.1 Å². The lowest BCUT2D eigenvalue weighted by Crippen LogP contribution is -2.17. The standard InChI is InChI=1S/C10H11NO/c1-3-11-8(2)12-10-7-5-4-6-9(10)11/h4-7H,2-3H2,1H3. The number of hydrogen-bond donors (Lipinski definition) is 0. The Kier molecular flexibility index (Phi) is 1.54. The maximum Gasteiger partial charge on any atom is 0.193 e. The van der Waals surface area contributed by atoms with Crippen molar-refractivity contribution >= 4 is 5.69 Å². The summed E-state index contributed by atoms with van der Waals surface area (Å²) in [5, 5.41) is 0. The van der Waals surface area contributed by atoms with E-state index in [9.17, 15) is 0 Å². The van der Waals surface area contributed by atoms with Gasteiger partial charge in [0.2, 0.25) is 0 Å². The predicted octanol–water partition coefficient (Wildman–Crippen LogP) is 2.38. The molecule has 2 rings (SSSR count). The maximum atomic E-state index is 5.44. The zero-order valence-corrected chi connectivity index (χ0v) is 7.08. The monoisotopic (exact) mass is 161 g/mol. The largest absolute Gasteiger partial charge is 0.439 e. The van der Waals surface area contributed by atoms with Gasteiger partial charge in [0.25, 0.3) is 0 Å². The molecule has 2 heteroatoms. The number of benzene rings is 1. The summed E-state index contributed by atoms with van der Waals surface area (Å²) < 4.78 is 5.44. The van der Waals surface area contributed by atoms with Crippen molar-refractivity contribution < 1.29 is 4.74 Å². The Morgan fingerprint density at radius 3 is 2.92 bits per heavy atom. The van der Waals surface area contributed by atoms with Crippen molar-refractivity contribution in [2.45, 2.75) is 6.92 Å². The van der Waals surface area contributed by atoms with E-state index >= 15 is 0 Å². The molecule has 0 aliphatic carbocycles. The maximum absolute atomic E-state index is 5.44. The summed E-state index contributed by atoms with van der Waals surface area (Å²) in [6.45, 7) is 6.80. The van der Waals surface area contributed by atoms with Crippen LogP contribution in [0.15, 0.2) is 36.7 Å². The summed E-state index contributed by atoms with van der Waals surface area (Å²) in [5.74, 6) is 1.63. The third-order valence-corrected chi connectivity index (χ3v) is 2.00. The fourth-order valence-corrected chi connectivity index (χ4v) is 1.43. The third-order valence-electron chi connectivity index (χ3n) is 2.00. The van der Waals surface area contributed by atoms with Crippen LogP contribution in [0.5, 0.6) is 5.75 Å². The van der Waals surface area contributed by atoms with E-state index in [0.29, 0.717) is 0 Å². The molecule has 0 aromatic heterocycles. The van der Waals surface area contributed by atoms with Gasteiger partial charge in [-0.15, -0.1) is 0 Å². The number of nitrogens with zero attached hydrogens (tertiary/aromatic N) is 1. The van der Waals surface area contributed by atoms with Crippen LogP contribution in [0.4, 0.5) is 5.69 Å². The first-order valence-corrected chi connectivity index (χ1v) is 4.06. The summed E-state index contributed by atoms with van der Waals surface area (Å²) in [7, 11) is 0. The molecule has 2 nitrogen and oxygen atoms in total. The summed E-state index contributed by atoms with van der Waals surface area (Å²) in [4.78, 5) is 2.05. The van der Waals surface area contributed by atoms with E-state index in [1.165, 1.54) is 0 Å². The van der Waals surface area contributed by atoms with Crippen molar-refractivity contribution in [2.75, 3.05) is 11.4 Å². The Morgan fingerprint density at radius 2 is 2.17 bits per heavy atom. The number of fused-ring (bicyclic) bond motifs is 1. The topological polar surface area (TPSA) is 12.5 Å². The Bertz CT molecular complexity index is 319. The van der Waals surface area contributed by atoms with Gasteiger partial charge in [0.15, 0.2) is 11.6 Å². The van der Waals surface area contributed by atoms with E-state index in [1.54, 1.807) is 0 Å². The highest BCUT2D eigenvalue weighted by Crippen LogP contribution is 2.37. The molecule has 0 radical (unpaired) electrons. The van der Waals surface area contributed by atoms with E-state index < -0.39 is 0 Å². The zero-order valence-electron chi connectivity index (χ0n) is 7.08. The molecule has 0 atom stereocenters. The minimum absolute atomic E-state index is 0.721. The molecule has 0 unspecified atom stereocenters. The van der Waals surface area contributed by atoms with Crippen LogP contribution < -0.4 is 9.64 Å². The molecule has 62 valence electrons. The third kappa shape index (κ3) is 0.881. The number of rotatable bonds is 1. The van der Waals surface area contributed by atoms with Crippen molar-refractivity contribution in [3.63, 3.8) is 0 Å². The van der Waals surface area contributed by atoms with Gasteiger partial charge in [-0.05, 0) is 25.6 Å². The number of ether oxygens (including phenoxy) is 1. The van der Waals surface area contributed by atoms with Gasteiger partial charge in [0, 0.05) is 6.54 Å². The van der Waals surface area contributed by atoms with Crippen molar-refractivity contribution in [1.82, 2.24) is 0 Å². The first-order valence-electron chi connectivity index (χ1n) is 4.06. The molecule has 0 saturated heterocycles. The molecule has 0 N–H and O–H groups in total. The van der Waals surface area contributed by atoms with Crippen LogP contribution >= 0.6 is 0 Å². The molecule has 1 aliphatic rings. The van der Waals surface area contributed by atoms with Crippen molar-refractivity contribution in [2.24, 2.45) is 0 Å². The van der Waals surface area contributed by atoms with E-state index in [1.807, 2.05) is 24.3 Å². The van der Waals surface area contributed by atoms with E-state index in [-0.39, 0.29) is 0 Å². The summed E-state index contributed by atoms with van der Waals surface area (Å²) in [6, 6.07) is 7.96. The molecule has 0 fully saturated rings. The number of anilines is 1. The van der Waals surface area contributed by atoms with Crippen molar-refractivity contribution in [3.8, 4) is 5.75 Å². The van der Waals surface area contributed by atoms with Crippen LogP contribution in [0.1, 0.15) is 6.92 Å². The predicted molar refractivity (Wildman–Crippen MR) is 49.2 cm³/mol. The van der Waals surface area contributed by atoms with Crippen LogP contribution in [0.25, 0.3) is 0 Å². The fraction of sp³-hybridized carbons (Fsp3) is 0.200. The normalized spacial score (nSPS) is 14.4. The average Bonchev–Trinajstić information content (AvgIpc) is 2.40. The van der Waals surface area contributed by atoms with Crippen molar-refractivity contribution in [1.29, 1.82) is 0 Å². The SMILES string of the molecule is C=C1Oc2ccccc2N1CC. The van der Waals surface area contributed by atoms with Gasteiger partial charge in [-0.25, -0.2) is 0 Å². The fourth-order valence-electron chi connectivity index (χ4n) is 1.43. The quantitative estimate of drug-likeness (QED) is 0.627. The molecule has 1 aliphatic heterocycles. The van der Waals surface area contributed by atoms with Gasteiger partial charge < -0.3 is 9.64 Å². The van der Waals surface area contributed by atoms with Gasteiger partial charge in [0.05, 0.1) is 5.69 Å². The molecule has 12 heavy (non-hydrogen) atoms. The number of para-hydroxylation sites is 2. The van der Waals surface area contributed by atoms with E-state index in [2.05, 4.69) is 18.4 Å². The average molecular weight is 161 g/mol. The van der Waals surface area contributed by atoms with Gasteiger partial charge in [0.1, 0.15) is 0 Å². The first kappa shape index (κ1) is 7.22. The zero-order chi connectivity index (χ0) is 8.55. The van der Waals surface area contributed by atoms with Gasteiger partial charge in [-0.1, -0.05) is 12.1 Å². The second-order valence-electron chi connectivity index (χ2n) is 2.71. The summed E-state index contributed by atoms with van der Waals surface area (Å²) in [5.41, 5.74) is 1.12. The molecule has 0 amide bonds. The first-order chi connectivity index (χ1) is 5.83. The lowest BCUT2D eigenvalue weighted by molar-refractivity contribution is 0.442. The van der Waals surface area contributed by atoms with Crippen LogP contribution in [0.3, 0.4) is 0 Å². The van der Waals surface area contributed by atoms with Gasteiger partial charge in [-0.2, -0.15) is 0 Å². The summed E-state index contributed by atoms with van der Waals surface area (Å²) >= 11 is 0. The lowest BCUT2D eigenvalue weighted by atomic mass is 10.3. The van der Waals surface area contributed by atoms with Crippen LogP contribution in [0, 0.1) is 0 Å². The number of hydrogen-bond acceptors (Lipinski definition) is 2. The molecular weight excluding hydrogens is 150 g/mol. The summed E-state index contributed by atoms with van der Waals surface area (Å²) in [6.07, 6.45) is 0. The minimum Gasteiger partial charge on any atom is -0.439 e. The second-order valence-corrected chi connectivity index (χ2v) is 2.71. The van der Waals surface area contributed by atoms with Gasteiger partial charge in [-0.3, -0.25) is 0 Å². The molecular formula is C10H11NO. The lowest BCUT2D eigenvalue weighted by Gasteiger charge is -2.13. The highest BCUT2D eigenvalue weighted by molar-refractivity contribution is 5.65. The highest BCUT2D eigenvalue weighted by atomic mass is 16.5. The molecule has 0 bridgehead atoms. The minimum atomic E-state index is 0.721. The molecule has 1 aromatic rings. The smallest absolute Gasteiger partial charge is 0.193 e. The van der Waals surface area contributed by atoms with Crippen molar-refractivity contribution in [3.05, 3.63) is 36.7 Å². The van der Waals surface area contributed by atoms with Crippen LogP contribution in [-0.4, -0.2) is 6.54 Å². The Morgan fingerprint density at radius 1 is 1.42 bits per heavy atom. The molecule has 0 saturated carbocycles. The molecule has 1 aromatic carbocycles. The highest BCUT2D eigenvalue weighted by Gasteiger charge is 2.21. The van der Waals surface area contributed by atoms with E-state index in [0.717, 1.165) is 23.9 Å². The molecule has 1 heterocycles. The Hall–Kier alpha value is -1.44. The Balaban J connectivity index is 2.47. The second kappa shape index (κ2) is 2.55.